The highest BCUT2D eigenvalue weighted by Crippen LogP contribution is 2.16. The molecule has 2 heterocycles. The van der Waals surface area contributed by atoms with E-state index in [9.17, 15) is 0 Å². The average Bonchev–Trinajstić information content (AvgIpc) is 2.68. The van der Waals surface area contributed by atoms with E-state index in [4.69, 9.17) is 0 Å². The van der Waals surface area contributed by atoms with Gasteiger partial charge < -0.3 is 4.98 Å². The Bertz CT molecular complexity index is 403. The molecule has 0 aromatic carbocycles. The summed E-state index contributed by atoms with van der Waals surface area (Å²) in [6.45, 7) is 4.22. The summed E-state index contributed by atoms with van der Waals surface area (Å²) in [6.07, 6.45) is 3.61. The quantitative estimate of drug-likeness (QED) is 0.785. The van der Waals surface area contributed by atoms with Crippen LogP contribution in [0.2, 0.25) is 0 Å². The Labute approximate surface area is 83.2 Å². The molecule has 0 amide bonds. The third-order valence-corrected chi connectivity index (χ3v) is 2.08. The standard InChI is InChI=1S/C11H13N3/c1-8(2)11-13-7-10(14-11)9-5-3-4-6-12-9/h3-8H,1-2H3,(H,13,14). The minimum atomic E-state index is 0.424. The molecule has 0 spiro atoms. The van der Waals surface area contributed by atoms with Crippen LogP contribution >= 0.6 is 0 Å². The molecule has 0 saturated carbocycles. The van der Waals surface area contributed by atoms with Crippen LogP contribution in [-0.4, -0.2) is 15.0 Å². The average molecular weight is 187 g/mol. The zero-order valence-corrected chi connectivity index (χ0v) is 8.36. The van der Waals surface area contributed by atoms with Crippen molar-refractivity contribution in [3.05, 3.63) is 36.4 Å². The summed E-state index contributed by atoms with van der Waals surface area (Å²) in [6, 6.07) is 5.85. The van der Waals surface area contributed by atoms with E-state index in [2.05, 4.69) is 28.8 Å². The molecular formula is C11H13N3. The van der Waals surface area contributed by atoms with Gasteiger partial charge in [-0.25, -0.2) is 4.98 Å². The van der Waals surface area contributed by atoms with E-state index in [1.807, 2.05) is 24.4 Å². The van der Waals surface area contributed by atoms with Crippen LogP contribution in [0.3, 0.4) is 0 Å². The maximum absolute atomic E-state index is 4.30. The van der Waals surface area contributed by atoms with Crippen LogP contribution in [0.25, 0.3) is 11.4 Å². The number of hydrogen-bond donors (Lipinski definition) is 1. The smallest absolute Gasteiger partial charge is 0.109 e. The molecule has 2 aromatic heterocycles. The van der Waals surface area contributed by atoms with Gasteiger partial charge in [-0.15, -0.1) is 0 Å². The van der Waals surface area contributed by atoms with Gasteiger partial charge in [0.1, 0.15) is 5.82 Å². The maximum atomic E-state index is 4.30. The number of imidazole rings is 1. The lowest BCUT2D eigenvalue weighted by atomic mass is 10.2. The van der Waals surface area contributed by atoms with Crippen LogP contribution in [0.5, 0.6) is 0 Å². The number of hydrogen-bond acceptors (Lipinski definition) is 2. The fraction of sp³-hybridized carbons (Fsp3) is 0.273. The lowest BCUT2D eigenvalue weighted by molar-refractivity contribution is 0.794. The first-order valence-corrected chi connectivity index (χ1v) is 4.73. The van der Waals surface area contributed by atoms with E-state index in [0.717, 1.165) is 17.2 Å². The van der Waals surface area contributed by atoms with Crippen molar-refractivity contribution in [3.8, 4) is 11.4 Å². The minimum absolute atomic E-state index is 0.424. The Morgan fingerprint density at radius 2 is 2.07 bits per heavy atom. The van der Waals surface area contributed by atoms with E-state index >= 15 is 0 Å². The lowest BCUT2D eigenvalue weighted by Gasteiger charge is -1.98. The van der Waals surface area contributed by atoms with Crippen LogP contribution in [0.4, 0.5) is 0 Å². The largest absolute Gasteiger partial charge is 0.341 e. The first-order valence-electron chi connectivity index (χ1n) is 4.73. The van der Waals surface area contributed by atoms with Gasteiger partial charge in [-0.3, -0.25) is 4.98 Å². The summed E-state index contributed by atoms with van der Waals surface area (Å²) in [5.41, 5.74) is 1.92. The van der Waals surface area contributed by atoms with Crippen LogP contribution in [-0.2, 0) is 0 Å². The summed E-state index contributed by atoms with van der Waals surface area (Å²) < 4.78 is 0. The molecule has 0 saturated heterocycles. The van der Waals surface area contributed by atoms with Crippen molar-refractivity contribution < 1.29 is 0 Å². The van der Waals surface area contributed by atoms with E-state index in [-0.39, 0.29) is 0 Å². The monoisotopic (exact) mass is 187 g/mol. The third-order valence-electron chi connectivity index (χ3n) is 2.08. The second-order valence-corrected chi connectivity index (χ2v) is 3.55. The second-order valence-electron chi connectivity index (χ2n) is 3.55. The fourth-order valence-electron chi connectivity index (χ4n) is 1.28. The Morgan fingerprint density at radius 1 is 1.21 bits per heavy atom. The normalized spacial score (nSPS) is 10.8. The molecule has 3 nitrogen and oxygen atoms in total. The van der Waals surface area contributed by atoms with Gasteiger partial charge >= 0.3 is 0 Å². The van der Waals surface area contributed by atoms with Gasteiger partial charge in [0.15, 0.2) is 0 Å². The van der Waals surface area contributed by atoms with Gasteiger partial charge in [-0.2, -0.15) is 0 Å². The molecule has 0 fully saturated rings. The van der Waals surface area contributed by atoms with Crippen molar-refractivity contribution in [2.24, 2.45) is 0 Å². The van der Waals surface area contributed by atoms with Crippen LogP contribution < -0.4 is 0 Å². The lowest BCUT2D eigenvalue weighted by Crippen LogP contribution is -1.89. The van der Waals surface area contributed by atoms with Gasteiger partial charge in [-0.1, -0.05) is 19.9 Å². The summed E-state index contributed by atoms with van der Waals surface area (Å²) in [7, 11) is 0. The molecule has 0 aliphatic rings. The van der Waals surface area contributed by atoms with Crippen LogP contribution in [0, 0.1) is 0 Å². The van der Waals surface area contributed by atoms with Gasteiger partial charge in [0.25, 0.3) is 0 Å². The maximum Gasteiger partial charge on any atom is 0.109 e. The molecule has 0 atom stereocenters. The summed E-state index contributed by atoms with van der Waals surface area (Å²) in [5, 5.41) is 0. The molecule has 2 rings (SSSR count). The molecule has 3 heteroatoms. The molecule has 14 heavy (non-hydrogen) atoms. The van der Waals surface area contributed by atoms with Crippen molar-refractivity contribution in [2.45, 2.75) is 19.8 Å². The highest BCUT2D eigenvalue weighted by atomic mass is 14.9. The Kier molecular flexibility index (Phi) is 2.31. The Balaban J connectivity index is 2.34. The highest BCUT2D eigenvalue weighted by Gasteiger charge is 2.05. The van der Waals surface area contributed by atoms with Gasteiger partial charge in [0.2, 0.25) is 0 Å². The highest BCUT2D eigenvalue weighted by molar-refractivity contribution is 5.52. The fourth-order valence-corrected chi connectivity index (χ4v) is 1.28. The second kappa shape index (κ2) is 3.62. The predicted molar refractivity (Wildman–Crippen MR) is 55.9 cm³/mol. The molecule has 2 aromatic rings. The number of aromatic nitrogens is 3. The molecule has 0 aliphatic carbocycles. The summed E-state index contributed by atoms with van der Waals surface area (Å²) >= 11 is 0. The van der Waals surface area contributed by atoms with Crippen LogP contribution in [0.15, 0.2) is 30.6 Å². The zero-order chi connectivity index (χ0) is 9.97. The number of H-pyrrole nitrogens is 1. The van der Waals surface area contributed by atoms with Crippen molar-refractivity contribution in [1.82, 2.24) is 15.0 Å². The first kappa shape index (κ1) is 8.94. The Hall–Kier alpha value is -1.64. The minimum Gasteiger partial charge on any atom is -0.341 e. The summed E-state index contributed by atoms with van der Waals surface area (Å²) in [4.78, 5) is 11.8. The molecule has 72 valence electrons. The molecular weight excluding hydrogens is 174 g/mol. The molecule has 0 aliphatic heterocycles. The SMILES string of the molecule is CC(C)c1ncc(-c2ccccn2)[nH]1. The predicted octanol–water partition coefficient (Wildman–Crippen LogP) is 2.60. The van der Waals surface area contributed by atoms with E-state index < -0.39 is 0 Å². The van der Waals surface area contributed by atoms with Crippen molar-refractivity contribution in [2.75, 3.05) is 0 Å². The number of nitrogens with one attached hydrogen (secondary N) is 1. The number of pyridine rings is 1. The number of rotatable bonds is 2. The topological polar surface area (TPSA) is 41.6 Å². The van der Waals surface area contributed by atoms with Gasteiger partial charge in [0.05, 0.1) is 17.6 Å². The van der Waals surface area contributed by atoms with Gasteiger partial charge in [-0.05, 0) is 12.1 Å². The molecule has 0 radical (unpaired) electrons. The number of aromatic amines is 1. The van der Waals surface area contributed by atoms with E-state index in [1.54, 1.807) is 6.20 Å². The third kappa shape index (κ3) is 1.66. The molecule has 0 bridgehead atoms. The molecule has 0 unspecified atom stereocenters. The van der Waals surface area contributed by atoms with E-state index in [1.165, 1.54) is 0 Å². The van der Waals surface area contributed by atoms with Crippen molar-refractivity contribution in [1.29, 1.82) is 0 Å². The first-order chi connectivity index (χ1) is 6.77. The van der Waals surface area contributed by atoms with Crippen molar-refractivity contribution in [3.63, 3.8) is 0 Å². The van der Waals surface area contributed by atoms with Crippen molar-refractivity contribution >= 4 is 0 Å². The zero-order valence-electron chi connectivity index (χ0n) is 8.36. The molecule has 1 N–H and O–H groups in total. The van der Waals surface area contributed by atoms with Crippen LogP contribution in [0.1, 0.15) is 25.6 Å². The summed E-state index contributed by atoms with van der Waals surface area (Å²) in [5.74, 6) is 1.43. The Morgan fingerprint density at radius 3 is 2.64 bits per heavy atom. The van der Waals surface area contributed by atoms with E-state index in [0.29, 0.717) is 5.92 Å². The number of nitrogens with zero attached hydrogens (tertiary/aromatic N) is 2. The van der Waals surface area contributed by atoms with Gasteiger partial charge in [0, 0.05) is 12.1 Å².